The molecule has 110 valence electrons. The summed E-state index contributed by atoms with van der Waals surface area (Å²) in [5, 5.41) is 3.21. The zero-order valence-corrected chi connectivity index (χ0v) is 12.8. The first-order chi connectivity index (χ1) is 9.88. The number of amides is 1. The van der Waals surface area contributed by atoms with Crippen molar-refractivity contribution in [1.82, 2.24) is 0 Å². The number of rotatable bonds is 3. The number of nitrogens with zero attached hydrogens (tertiary/aromatic N) is 1. The maximum Gasteiger partial charge on any atom is 0.258 e. The van der Waals surface area contributed by atoms with Crippen LogP contribution >= 0.6 is 11.6 Å². The van der Waals surface area contributed by atoms with Gasteiger partial charge in [-0.3, -0.25) is 4.79 Å². The van der Waals surface area contributed by atoms with Gasteiger partial charge in [0.25, 0.3) is 5.91 Å². The Balaban J connectivity index is 2.35. The van der Waals surface area contributed by atoms with Crippen LogP contribution in [0.5, 0.6) is 0 Å². The van der Waals surface area contributed by atoms with Gasteiger partial charge < -0.3 is 10.2 Å². The highest BCUT2D eigenvalue weighted by Gasteiger charge is 2.14. The summed E-state index contributed by atoms with van der Waals surface area (Å²) >= 11 is 5.96. The Kier molecular flexibility index (Phi) is 4.48. The first-order valence-corrected chi connectivity index (χ1v) is 6.80. The zero-order chi connectivity index (χ0) is 15.6. The topological polar surface area (TPSA) is 32.3 Å². The van der Waals surface area contributed by atoms with Crippen molar-refractivity contribution in [3.8, 4) is 0 Å². The smallest absolute Gasteiger partial charge is 0.258 e. The van der Waals surface area contributed by atoms with Crippen molar-refractivity contribution in [3.63, 3.8) is 0 Å². The van der Waals surface area contributed by atoms with Gasteiger partial charge in [-0.2, -0.15) is 0 Å². The second kappa shape index (κ2) is 6.14. The lowest BCUT2D eigenvalue weighted by molar-refractivity contribution is 0.102. The average molecular weight is 307 g/mol. The molecule has 0 saturated carbocycles. The molecule has 0 aliphatic rings. The Hall–Kier alpha value is -2.07. The Morgan fingerprint density at radius 3 is 2.57 bits per heavy atom. The first-order valence-electron chi connectivity index (χ1n) is 6.43. The lowest BCUT2D eigenvalue weighted by Crippen LogP contribution is -2.17. The monoisotopic (exact) mass is 306 g/mol. The van der Waals surface area contributed by atoms with Crippen LogP contribution in [0.3, 0.4) is 0 Å². The molecule has 0 aromatic heterocycles. The highest BCUT2D eigenvalue weighted by Crippen LogP contribution is 2.28. The second-order valence-electron chi connectivity index (χ2n) is 4.99. The molecule has 0 atom stereocenters. The summed E-state index contributed by atoms with van der Waals surface area (Å²) in [4.78, 5) is 14.1. The van der Waals surface area contributed by atoms with E-state index in [-0.39, 0.29) is 5.56 Å². The van der Waals surface area contributed by atoms with Crippen LogP contribution in [0.15, 0.2) is 36.4 Å². The van der Waals surface area contributed by atoms with Crippen molar-refractivity contribution < 1.29 is 9.18 Å². The molecule has 0 aliphatic carbocycles. The number of benzene rings is 2. The van der Waals surface area contributed by atoms with Gasteiger partial charge in [-0.25, -0.2) is 4.39 Å². The van der Waals surface area contributed by atoms with E-state index in [1.54, 1.807) is 31.2 Å². The van der Waals surface area contributed by atoms with E-state index < -0.39 is 11.7 Å². The molecule has 0 radical (unpaired) electrons. The Labute approximate surface area is 128 Å². The number of carbonyl (C=O) groups excluding carboxylic acids is 1. The molecule has 1 amide bonds. The molecule has 5 heteroatoms. The van der Waals surface area contributed by atoms with E-state index in [2.05, 4.69) is 5.32 Å². The molecule has 0 heterocycles. The fourth-order valence-electron chi connectivity index (χ4n) is 2.00. The molecule has 0 fully saturated rings. The zero-order valence-electron chi connectivity index (χ0n) is 12.1. The predicted molar refractivity (Wildman–Crippen MR) is 84.9 cm³/mol. The van der Waals surface area contributed by atoms with Crippen molar-refractivity contribution in [3.05, 3.63) is 58.4 Å². The third-order valence-electron chi connectivity index (χ3n) is 3.06. The minimum atomic E-state index is -0.550. The van der Waals surface area contributed by atoms with E-state index in [4.69, 9.17) is 11.6 Å². The van der Waals surface area contributed by atoms with Gasteiger partial charge in [0.15, 0.2) is 0 Å². The van der Waals surface area contributed by atoms with Gasteiger partial charge in [0.05, 0.1) is 16.9 Å². The molecule has 21 heavy (non-hydrogen) atoms. The third-order valence-corrected chi connectivity index (χ3v) is 3.29. The van der Waals surface area contributed by atoms with Crippen LogP contribution < -0.4 is 10.2 Å². The molecule has 1 N–H and O–H groups in total. The normalized spacial score (nSPS) is 10.3. The molecule has 2 aromatic carbocycles. The highest BCUT2D eigenvalue weighted by molar-refractivity contribution is 6.31. The number of nitrogens with one attached hydrogen (secondary N) is 1. The molecule has 0 bridgehead atoms. The summed E-state index contributed by atoms with van der Waals surface area (Å²) in [5.74, 6) is -1.05. The van der Waals surface area contributed by atoms with Crippen molar-refractivity contribution >= 4 is 28.9 Å². The van der Waals surface area contributed by atoms with Crippen molar-refractivity contribution in [2.24, 2.45) is 0 Å². The number of halogens is 2. The minimum Gasteiger partial charge on any atom is -0.376 e. The van der Waals surface area contributed by atoms with Gasteiger partial charge >= 0.3 is 0 Å². The molecule has 0 unspecified atom stereocenters. The van der Waals surface area contributed by atoms with Gasteiger partial charge in [-0.15, -0.1) is 0 Å². The van der Waals surface area contributed by atoms with Crippen molar-refractivity contribution in [2.45, 2.75) is 6.92 Å². The number of hydrogen-bond acceptors (Lipinski definition) is 2. The Morgan fingerprint density at radius 1 is 1.19 bits per heavy atom. The summed E-state index contributed by atoms with van der Waals surface area (Å²) in [6, 6.07) is 9.60. The predicted octanol–water partition coefficient (Wildman–Crippen LogP) is 4.11. The summed E-state index contributed by atoms with van der Waals surface area (Å²) in [5.41, 5.74) is 2.17. The van der Waals surface area contributed by atoms with Gasteiger partial charge in [0, 0.05) is 19.1 Å². The van der Waals surface area contributed by atoms with Crippen LogP contribution in [0.25, 0.3) is 0 Å². The fraction of sp³-hybridized carbons (Fsp3) is 0.188. The van der Waals surface area contributed by atoms with Crippen LogP contribution in [-0.4, -0.2) is 20.0 Å². The standard InChI is InChI=1S/C16H16ClFN2O/c1-10-4-6-13(18)12(8-10)16(21)19-14-9-11(17)5-7-15(14)20(2)3/h4-9H,1-3H3,(H,19,21). The van der Waals surface area contributed by atoms with Crippen LogP contribution in [0.4, 0.5) is 15.8 Å². The number of hydrogen-bond donors (Lipinski definition) is 1. The maximum atomic E-state index is 13.8. The lowest BCUT2D eigenvalue weighted by atomic mass is 10.1. The SMILES string of the molecule is Cc1ccc(F)c(C(=O)Nc2cc(Cl)ccc2N(C)C)c1. The van der Waals surface area contributed by atoms with Crippen LogP contribution in [0.1, 0.15) is 15.9 Å². The van der Waals surface area contributed by atoms with E-state index in [1.807, 2.05) is 19.0 Å². The molecule has 3 nitrogen and oxygen atoms in total. The first kappa shape index (κ1) is 15.3. The van der Waals surface area contributed by atoms with Gasteiger partial charge in [0.2, 0.25) is 0 Å². The molecule has 2 aromatic rings. The third kappa shape index (κ3) is 3.52. The Bertz CT molecular complexity index is 686. The van der Waals surface area contributed by atoms with Crippen LogP contribution in [0, 0.1) is 12.7 Å². The minimum absolute atomic E-state index is 0.0136. The van der Waals surface area contributed by atoms with E-state index in [0.717, 1.165) is 11.3 Å². The summed E-state index contributed by atoms with van der Waals surface area (Å²) in [7, 11) is 3.71. The van der Waals surface area contributed by atoms with E-state index >= 15 is 0 Å². The van der Waals surface area contributed by atoms with E-state index in [0.29, 0.717) is 10.7 Å². The summed E-state index contributed by atoms with van der Waals surface area (Å²) < 4.78 is 13.8. The Morgan fingerprint density at radius 2 is 1.90 bits per heavy atom. The van der Waals surface area contributed by atoms with Crippen molar-refractivity contribution in [2.75, 3.05) is 24.3 Å². The lowest BCUT2D eigenvalue weighted by Gasteiger charge is -2.18. The van der Waals surface area contributed by atoms with Gasteiger partial charge in [0.1, 0.15) is 5.82 Å². The summed E-state index contributed by atoms with van der Waals surface area (Å²) in [6.45, 7) is 1.81. The number of carbonyl (C=O) groups is 1. The quantitative estimate of drug-likeness (QED) is 0.925. The number of aryl methyl sites for hydroxylation is 1. The molecule has 0 spiro atoms. The summed E-state index contributed by atoms with van der Waals surface area (Å²) in [6.07, 6.45) is 0. The molecular formula is C16H16ClFN2O. The van der Waals surface area contributed by atoms with Gasteiger partial charge in [-0.05, 0) is 37.3 Å². The fourth-order valence-corrected chi connectivity index (χ4v) is 2.17. The highest BCUT2D eigenvalue weighted by atomic mass is 35.5. The van der Waals surface area contributed by atoms with E-state index in [9.17, 15) is 9.18 Å². The molecular weight excluding hydrogens is 291 g/mol. The molecule has 2 rings (SSSR count). The molecule has 0 saturated heterocycles. The van der Waals surface area contributed by atoms with Crippen LogP contribution in [-0.2, 0) is 0 Å². The van der Waals surface area contributed by atoms with E-state index in [1.165, 1.54) is 12.1 Å². The van der Waals surface area contributed by atoms with Crippen LogP contribution in [0.2, 0.25) is 5.02 Å². The van der Waals surface area contributed by atoms with Crippen molar-refractivity contribution in [1.29, 1.82) is 0 Å². The second-order valence-corrected chi connectivity index (χ2v) is 5.43. The van der Waals surface area contributed by atoms with Gasteiger partial charge in [-0.1, -0.05) is 23.2 Å². The largest absolute Gasteiger partial charge is 0.376 e. The maximum absolute atomic E-state index is 13.8. The molecule has 0 aliphatic heterocycles. The average Bonchev–Trinajstić information content (AvgIpc) is 2.41. The number of anilines is 2.